The molecule has 1 aliphatic heterocycles. The first-order valence-corrected chi connectivity index (χ1v) is 14.3. The molecule has 4 heteroatoms. The van der Waals surface area contributed by atoms with E-state index >= 15 is 0 Å². The fourth-order valence-electron chi connectivity index (χ4n) is 4.06. The van der Waals surface area contributed by atoms with E-state index in [0.717, 1.165) is 0 Å². The molecule has 114 valence electrons. The summed E-state index contributed by atoms with van der Waals surface area (Å²) in [4.78, 5) is 0. The summed E-state index contributed by atoms with van der Waals surface area (Å²) in [6.45, 7) is 16.9. The molecule has 1 aliphatic rings. The van der Waals surface area contributed by atoms with E-state index in [9.17, 15) is 0 Å². The summed E-state index contributed by atoms with van der Waals surface area (Å²) < 4.78 is 6.90. The molecule has 0 aromatic rings. The van der Waals surface area contributed by atoms with Crippen molar-refractivity contribution in [2.75, 3.05) is 0 Å². The van der Waals surface area contributed by atoms with Crippen LogP contribution in [0.2, 0.25) is 22.7 Å². The van der Waals surface area contributed by atoms with Gasteiger partial charge in [0, 0.05) is 6.10 Å². The van der Waals surface area contributed by atoms with Crippen LogP contribution in [0.3, 0.4) is 0 Å². The largest absolute Gasteiger partial charge is 0.414 e. The van der Waals surface area contributed by atoms with Crippen LogP contribution >= 0.6 is 11.1 Å². The molecule has 0 spiro atoms. The molecule has 0 aromatic carbocycles. The minimum Gasteiger partial charge on any atom is -0.414 e. The first-order chi connectivity index (χ1) is 8.59. The van der Waals surface area contributed by atoms with Gasteiger partial charge < -0.3 is 4.43 Å². The Labute approximate surface area is 127 Å². The molecule has 1 fully saturated rings. The predicted molar refractivity (Wildman–Crippen MR) is 91.8 cm³/mol. The molecule has 1 rings (SSSR count). The lowest BCUT2D eigenvalue weighted by Gasteiger charge is -2.56. The maximum absolute atomic E-state index is 7.37. The second-order valence-electron chi connectivity index (χ2n) is 7.56. The summed E-state index contributed by atoms with van der Waals surface area (Å²) in [7, 11) is -1.88. The van der Waals surface area contributed by atoms with Crippen molar-refractivity contribution in [3.05, 3.63) is 0 Å². The highest BCUT2D eigenvalue weighted by atomic mass is 35.6. The molecule has 2 unspecified atom stereocenters. The summed E-state index contributed by atoms with van der Waals surface area (Å²) in [6, 6.07) is 1.26. The summed E-state index contributed by atoms with van der Waals surface area (Å²) in [5.41, 5.74) is 1.87. The fraction of sp³-hybridized carbons (Fsp3) is 1.00. The van der Waals surface area contributed by atoms with Crippen molar-refractivity contribution < 1.29 is 4.43 Å². The molecule has 0 bridgehead atoms. The average molecular weight is 321 g/mol. The molecule has 0 N–H and O–H groups in total. The van der Waals surface area contributed by atoms with E-state index < -0.39 is 14.7 Å². The molecule has 0 saturated carbocycles. The SMILES string of the molecule is CC(C)C1CC[Si](Cl)(C(C)C)[Si](C(C)C)(C(C)C)O1. The van der Waals surface area contributed by atoms with E-state index in [1.807, 2.05) is 0 Å². The van der Waals surface area contributed by atoms with Gasteiger partial charge in [0.1, 0.15) is 0 Å². The van der Waals surface area contributed by atoms with Gasteiger partial charge in [-0.2, -0.15) is 11.1 Å². The van der Waals surface area contributed by atoms with Crippen LogP contribution in [0, 0.1) is 5.92 Å². The van der Waals surface area contributed by atoms with E-state index in [2.05, 4.69) is 55.4 Å². The topological polar surface area (TPSA) is 9.23 Å². The lowest BCUT2D eigenvalue weighted by Crippen LogP contribution is -2.70. The van der Waals surface area contributed by atoms with Crippen LogP contribution in [0.4, 0.5) is 0 Å². The lowest BCUT2D eigenvalue weighted by molar-refractivity contribution is 0.127. The van der Waals surface area contributed by atoms with Crippen LogP contribution in [0.15, 0.2) is 0 Å². The Morgan fingerprint density at radius 2 is 1.37 bits per heavy atom. The summed E-state index contributed by atoms with van der Waals surface area (Å²) in [5.74, 6) is 0.617. The van der Waals surface area contributed by atoms with E-state index in [0.29, 0.717) is 28.6 Å². The monoisotopic (exact) mass is 320 g/mol. The minimum atomic E-state index is -1.88. The Morgan fingerprint density at radius 3 is 1.68 bits per heavy atom. The predicted octanol–water partition coefficient (Wildman–Crippen LogP) is 5.87. The van der Waals surface area contributed by atoms with Gasteiger partial charge in [-0.15, -0.1) is 0 Å². The zero-order chi connectivity index (χ0) is 15.0. The summed E-state index contributed by atoms with van der Waals surface area (Å²) >= 11 is 7.37. The van der Waals surface area contributed by atoms with Crippen molar-refractivity contribution in [2.45, 2.75) is 90.6 Å². The lowest BCUT2D eigenvalue weighted by atomic mass is 10.1. The molecule has 0 aliphatic carbocycles. The highest BCUT2D eigenvalue weighted by molar-refractivity contribution is 7.59. The van der Waals surface area contributed by atoms with Gasteiger partial charge in [0.2, 0.25) is 7.83 Å². The highest BCUT2D eigenvalue weighted by Gasteiger charge is 2.64. The summed E-state index contributed by atoms with van der Waals surface area (Å²) in [6.07, 6.45) is 1.62. The number of rotatable bonds is 4. The molecular formula is C15H33ClOSi2. The molecule has 1 nitrogen and oxygen atoms in total. The van der Waals surface area contributed by atoms with Crippen LogP contribution < -0.4 is 0 Å². The Bertz CT molecular complexity index is 297. The molecule has 1 heterocycles. The number of hydrogen-bond donors (Lipinski definition) is 0. The Morgan fingerprint density at radius 1 is 0.895 bits per heavy atom. The maximum atomic E-state index is 7.37. The van der Waals surface area contributed by atoms with E-state index in [-0.39, 0.29) is 0 Å². The van der Waals surface area contributed by atoms with Crippen molar-refractivity contribution in [1.82, 2.24) is 0 Å². The second kappa shape index (κ2) is 6.21. The number of hydrogen-bond acceptors (Lipinski definition) is 1. The fourth-order valence-corrected chi connectivity index (χ4v) is 27.3. The van der Waals surface area contributed by atoms with Crippen LogP contribution in [0.25, 0.3) is 0 Å². The molecule has 0 amide bonds. The quantitative estimate of drug-likeness (QED) is 0.465. The van der Waals surface area contributed by atoms with Gasteiger partial charge in [-0.1, -0.05) is 55.4 Å². The first-order valence-electron chi connectivity index (χ1n) is 7.96. The van der Waals surface area contributed by atoms with Crippen molar-refractivity contribution >= 4 is 25.8 Å². The zero-order valence-electron chi connectivity index (χ0n) is 14.1. The van der Waals surface area contributed by atoms with Crippen LogP contribution in [-0.4, -0.2) is 20.8 Å². The Hall–Kier alpha value is 0.684. The normalized spacial score (nSPS) is 31.7. The van der Waals surface area contributed by atoms with Gasteiger partial charge in [0.25, 0.3) is 0 Å². The van der Waals surface area contributed by atoms with Gasteiger partial charge in [-0.3, -0.25) is 0 Å². The maximum Gasteiger partial charge on any atom is 0.203 e. The third kappa shape index (κ3) is 2.85. The standard InChI is InChI=1S/C15H33ClOSi2/c1-11(2)15-9-10-18(16,12(3)4)19(17-15,13(5)6)14(7)8/h11-15H,9-10H2,1-8H3. The van der Waals surface area contributed by atoms with Crippen molar-refractivity contribution in [2.24, 2.45) is 5.92 Å². The zero-order valence-corrected chi connectivity index (χ0v) is 16.8. The van der Waals surface area contributed by atoms with Gasteiger partial charge >= 0.3 is 0 Å². The van der Waals surface area contributed by atoms with Gasteiger partial charge in [-0.25, -0.2) is 0 Å². The molecule has 0 radical (unpaired) electrons. The smallest absolute Gasteiger partial charge is 0.203 e. The summed E-state index contributed by atoms with van der Waals surface area (Å²) in [5, 5.41) is 0. The Balaban J connectivity index is 3.27. The molecule has 2 atom stereocenters. The van der Waals surface area contributed by atoms with E-state index in [1.165, 1.54) is 12.5 Å². The first kappa shape index (κ1) is 17.7. The van der Waals surface area contributed by atoms with Crippen LogP contribution in [0.5, 0.6) is 0 Å². The third-order valence-electron chi connectivity index (χ3n) is 5.16. The van der Waals surface area contributed by atoms with Gasteiger partial charge in [-0.05, 0) is 35.0 Å². The Kier molecular flexibility index (Phi) is 5.79. The van der Waals surface area contributed by atoms with Crippen LogP contribution in [0.1, 0.15) is 61.8 Å². The van der Waals surface area contributed by atoms with Crippen molar-refractivity contribution in [1.29, 1.82) is 0 Å². The van der Waals surface area contributed by atoms with Crippen molar-refractivity contribution in [3.8, 4) is 0 Å². The van der Waals surface area contributed by atoms with Crippen LogP contribution in [-0.2, 0) is 4.43 Å². The van der Waals surface area contributed by atoms with Gasteiger partial charge in [0.15, 0.2) is 6.90 Å². The highest BCUT2D eigenvalue weighted by Crippen LogP contribution is 2.53. The minimum absolute atomic E-state index is 0.439. The number of halogens is 1. The van der Waals surface area contributed by atoms with Gasteiger partial charge in [0.05, 0.1) is 0 Å². The molecule has 19 heavy (non-hydrogen) atoms. The average Bonchev–Trinajstić information content (AvgIpc) is 2.27. The molecular weight excluding hydrogens is 288 g/mol. The molecule has 1 saturated heterocycles. The second-order valence-corrected chi connectivity index (χ2v) is 23.1. The van der Waals surface area contributed by atoms with Crippen molar-refractivity contribution in [3.63, 3.8) is 0 Å². The van der Waals surface area contributed by atoms with E-state index in [1.54, 1.807) is 0 Å². The molecule has 0 aromatic heterocycles. The van der Waals surface area contributed by atoms with E-state index in [4.69, 9.17) is 15.5 Å². The third-order valence-corrected chi connectivity index (χ3v) is 28.2.